The highest BCUT2D eigenvalue weighted by molar-refractivity contribution is 7.10. The van der Waals surface area contributed by atoms with Crippen molar-refractivity contribution in [3.63, 3.8) is 0 Å². The van der Waals surface area contributed by atoms with Gasteiger partial charge in [-0.3, -0.25) is 4.98 Å². The first-order valence-electron chi connectivity index (χ1n) is 4.74. The van der Waals surface area contributed by atoms with Crippen LogP contribution in [0, 0.1) is 11.8 Å². The van der Waals surface area contributed by atoms with Crippen molar-refractivity contribution in [1.82, 2.24) is 10.3 Å². The molecule has 2 nitrogen and oxygen atoms in total. The Balaban J connectivity index is 0.000000750. The molecule has 76 valence electrons. The van der Waals surface area contributed by atoms with E-state index in [0.29, 0.717) is 0 Å². The molecule has 0 unspecified atom stereocenters. The zero-order valence-electron chi connectivity index (χ0n) is 7.77. The van der Waals surface area contributed by atoms with E-state index in [1.165, 1.54) is 30.0 Å². The Morgan fingerprint density at radius 3 is 3.07 bits per heavy atom. The third-order valence-electron chi connectivity index (χ3n) is 3.04. The molecule has 2 aliphatic rings. The van der Waals surface area contributed by atoms with Crippen molar-refractivity contribution in [2.45, 2.75) is 6.42 Å². The minimum Gasteiger partial charge on any atom is -0.316 e. The molecule has 1 saturated heterocycles. The topological polar surface area (TPSA) is 24.9 Å². The van der Waals surface area contributed by atoms with E-state index in [9.17, 15) is 0 Å². The second kappa shape index (κ2) is 4.01. The average molecular weight is 229 g/mol. The summed E-state index contributed by atoms with van der Waals surface area (Å²) in [5.41, 5.74) is 3.45. The molecule has 1 aromatic rings. The lowest BCUT2D eigenvalue weighted by atomic mass is 10.00. The highest BCUT2D eigenvalue weighted by Crippen LogP contribution is 2.39. The normalized spacial score (nSPS) is 29.6. The van der Waals surface area contributed by atoms with Crippen molar-refractivity contribution in [3.8, 4) is 0 Å². The zero-order chi connectivity index (χ0) is 8.67. The average Bonchev–Trinajstić information content (AvgIpc) is 2.78. The number of halogens is 1. The zero-order valence-corrected chi connectivity index (χ0v) is 9.40. The van der Waals surface area contributed by atoms with Gasteiger partial charge in [-0.05, 0) is 30.4 Å². The van der Waals surface area contributed by atoms with Crippen molar-refractivity contribution in [3.05, 3.63) is 22.7 Å². The smallest absolute Gasteiger partial charge is 0.0797 e. The monoisotopic (exact) mass is 228 g/mol. The molecule has 0 spiro atoms. The molecule has 0 aromatic carbocycles. The number of rotatable bonds is 1. The van der Waals surface area contributed by atoms with Crippen LogP contribution in [-0.2, 0) is 0 Å². The van der Waals surface area contributed by atoms with E-state index in [1.807, 2.05) is 11.7 Å². The summed E-state index contributed by atoms with van der Waals surface area (Å²) in [6.45, 7) is 2.37. The quantitative estimate of drug-likeness (QED) is 0.797. The summed E-state index contributed by atoms with van der Waals surface area (Å²) in [7, 11) is 0. The summed E-state index contributed by atoms with van der Waals surface area (Å²) in [6.07, 6.45) is 5.68. The Morgan fingerprint density at radius 1 is 1.43 bits per heavy atom. The summed E-state index contributed by atoms with van der Waals surface area (Å²) in [5, 5.41) is 3.43. The third-order valence-corrected chi connectivity index (χ3v) is 3.89. The molecule has 1 aromatic heterocycles. The van der Waals surface area contributed by atoms with E-state index in [-0.39, 0.29) is 12.4 Å². The molecule has 1 aliphatic carbocycles. The molecule has 1 N–H and O–H groups in total. The molecule has 0 amide bonds. The van der Waals surface area contributed by atoms with Gasteiger partial charge >= 0.3 is 0 Å². The molecule has 0 radical (unpaired) electrons. The maximum absolute atomic E-state index is 4.12. The molecule has 3 rings (SSSR count). The molecule has 2 atom stereocenters. The Hall–Kier alpha value is -0.380. The molecule has 2 heterocycles. The van der Waals surface area contributed by atoms with E-state index in [4.69, 9.17) is 0 Å². The van der Waals surface area contributed by atoms with Crippen LogP contribution < -0.4 is 5.32 Å². The van der Waals surface area contributed by atoms with E-state index in [1.54, 1.807) is 11.3 Å². The van der Waals surface area contributed by atoms with Crippen LogP contribution >= 0.6 is 23.7 Å². The molecule has 0 saturated carbocycles. The van der Waals surface area contributed by atoms with Crippen molar-refractivity contribution in [2.24, 2.45) is 11.8 Å². The lowest BCUT2D eigenvalue weighted by Gasteiger charge is -2.04. The largest absolute Gasteiger partial charge is 0.316 e. The number of fused-ring (bicyclic) bond motifs is 1. The van der Waals surface area contributed by atoms with Crippen LogP contribution in [0.2, 0.25) is 0 Å². The molecular weight excluding hydrogens is 216 g/mol. The van der Waals surface area contributed by atoms with Gasteiger partial charge in [0.2, 0.25) is 0 Å². The first-order chi connectivity index (χ1) is 6.43. The summed E-state index contributed by atoms with van der Waals surface area (Å²) in [4.78, 5) is 5.49. The minimum atomic E-state index is 0. The standard InChI is InChI=1S/C10H12N2S.ClH/c1-7(10-5-12-6-13-10)2-9-4-11-3-8(1)9;/h1,5-6,8-9,11H,2-4H2;1H/t8-,9+;/m0./s1. The van der Waals surface area contributed by atoms with Crippen LogP contribution in [0.5, 0.6) is 0 Å². The number of aromatic nitrogens is 1. The van der Waals surface area contributed by atoms with Gasteiger partial charge < -0.3 is 5.32 Å². The number of nitrogens with one attached hydrogen (secondary N) is 1. The lowest BCUT2D eigenvalue weighted by Crippen LogP contribution is -2.08. The van der Waals surface area contributed by atoms with E-state index in [0.717, 1.165) is 11.8 Å². The SMILES string of the molecule is C1=C(c2cncs2)C[C@@H]2CNC[C@H]12.Cl. The van der Waals surface area contributed by atoms with Gasteiger partial charge in [-0.1, -0.05) is 6.08 Å². The summed E-state index contributed by atoms with van der Waals surface area (Å²) >= 11 is 1.76. The van der Waals surface area contributed by atoms with Crippen LogP contribution in [0.1, 0.15) is 11.3 Å². The maximum atomic E-state index is 4.12. The van der Waals surface area contributed by atoms with Gasteiger partial charge in [0.1, 0.15) is 0 Å². The fourth-order valence-corrected chi connectivity index (χ4v) is 3.00. The van der Waals surface area contributed by atoms with E-state index < -0.39 is 0 Å². The van der Waals surface area contributed by atoms with Crippen molar-refractivity contribution in [2.75, 3.05) is 13.1 Å². The van der Waals surface area contributed by atoms with Gasteiger partial charge in [-0.25, -0.2) is 0 Å². The van der Waals surface area contributed by atoms with Crippen molar-refractivity contribution >= 4 is 29.3 Å². The number of hydrogen-bond donors (Lipinski definition) is 1. The van der Waals surface area contributed by atoms with Crippen molar-refractivity contribution in [1.29, 1.82) is 0 Å². The molecule has 4 heteroatoms. The molecule has 0 bridgehead atoms. The van der Waals surface area contributed by atoms with Gasteiger partial charge in [-0.15, -0.1) is 23.7 Å². The van der Waals surface area contributed by atoms with E-state index >= 15 is 0 Å². The second-order valence-corrected chi connectivity index (χ2v) is 4.73. The number of hydrogen-bond acceptors (Lipinski definition) is 3. The summed E-state index contributed by atoms with van der Waals surface area (Å²) in [6, 6.07) is 0. The van der Waals surface area contributed by atoms with Crippen LogP contribution in [0.4, 0.5) is 0 Å². The molecular formula is C10H13ClN2S. The van der Waals surface area contributed by atoms with Gasteiger partial charge in [0.15, 0.2) is 0 Å². The predicted octanol–water partition coefficient (Wildman–Crippen LogP) is 2.19. The molecule has 1 aliphatic heterocycles. The lowest BCUT2D eigenvalue weighted by molar-refractivity contribution is 0.536. The summed E-state index contributed by atoms with van der Waals surface area (Å²) < 4.78 is 0. The number of nitrogens with zero attached hydrogens (tertiary/aromatic N) is 1. The number of thiazole rings is 1. The van der Waals surface area contributed by atoms with Crippen LogP contribution in [0.25, 0.3) is 5.57 Å². The van der Waals surface area contributed by atoms with Crippen LogP contribution in [0.15, 0.2) is 17.8 Å². The van der Waals surface area contributed by atoms with Crippen molar-refractivity contribution < 1.29 is 0 Å². The van der Waals surface area contributed by atoms with Crippen LogP contribution in [-0.4, -0.2) is 18.1 Å². The third kappa shape index (κ3) is 1.60. The van der Waals surface area contributed by atoms with Crippen LogP contribution in [0.3, 0.4) is 0 Å². The second-order valence-electron chi connectivity index (χ2n) is 3.84. The first-order valence-corrected chi connectivity index (χ1v) is 5.62. The van der Waals surface area contributed by atoms with Gasteiger partial charge in [-0.2, -0.15) is 0 Å². The summed E-state index contributed by atoms with van der Waals surface area (Å²) in [5.74, 6) is 1.65. The Kier molecular flexibility index (Phi) is 2.91. The van der Waals surface area contributed by atoms with Gasteiger partial charge in [0.05, 0.1) is 5.51 Å². The maximum Gasteiger partial charge on any atom is 0.0797 e. The number of allylic oxidation sites excluding steroid dienone is 1. The fourth-order valence-electron chi connectivity index (χ4n) is 2.34. The molecule has 14 heavy (non-hydrogen) atoms. The minimum absolute atomic E-state index is 0. The Morgan fingerprint density at radius 2 is 2.36 bits per heavy atom. The predicted molar refractivity (Wildman–Crippen MR) is 61.8 cm³/mol. The fraction of sp³-hybridized carbons (Fsp3) is 0.500. The first kappa shape index (κ1) is 10.1. The Labute approximate surface area is 93.8 Å². The van der Waals surface area contributed by atoms with Gasteiger partial charge in [0, 0.05) is 17.6 Å². The Bertz CT molecular complexity index is 334. The molecule has 1 fully saturated rings. The van der Waals surface area contributed by atoms with E-state index in [2.05, 4.69) is 16.4 Å². The highest BCUT2D eigenvalue weighted by atomic mass is 35.5. The highest BCUT2D eigenvalue weighted by Gasteiger charge is 2.31. The van der Waals surface area contributed by atoms with Gasteiger partial charge in [0.25, 0.3) is 0 Å².